The highest BCUT2D eigenvalue weighted by atomic mass is 32.1. The van der Waals surface area contributed by atoms with Crippen LogP contribution in [-0.4, -0.2) is 41.2 Å². The predicted octanol–water partition coefficient (Wildman–Crippen LogP) is 3.16. The average molecular weight is 317 g/mol. The molecular weight excluding hydrogens is 294 g/mol. The zero-order chi connectivity index (χ0) is 15.4. The molecule has 0 radical (unpaired) electrons. The molecule has 1 saturated heterocycles. The Kier molecular flexibility index (Phi) is 5.18. The summed E-state index contributed by atoms with van der Waals surface area (Å²) in [7, 11) is 0. The van der Waals surface area contributed by atoms with Crippen molar-refractivity contribution in [2.75, 3.05) is 26.3 Å². The van der Waals surface area contributed by atoms with Crippen LogP contribution in [0, 0.1) is 13.8 Å². The van der Waals surface area contributed by atoms with E-state index in [0.29, 0.717) is 6.04 Å². The molecule has 1 fully saturated rings. The number of rotatable bonds is 5. The van der Waals surface area contributed by atoms with Crippen LogP contribution in [0.2, 0.25) is 0 Å². The number of aryl methyl sites for hydroxylation is 3. The van der Waals surface area contributed by atoms with Gasteiger partial charge < -0.3 is 4.74 Å². The van der Waals surface area contributed by atoms with Crippen molar-refractivity contribution < 1.29 is 4.74 Å². The van der Waals surface area contributed by atoms with E-state index in [1.54, 1.807) is 11.3 Å². The number of nitrogens with zero attached hydrogens (tertiary/aromatic N) is 3. The number of pyridine rings is 1. The topological polar surface area (TPSA) is 38.2 Å². The molecule has 1 aliphatic rings. The van der Waals surface area contributed by atoms with E-state index in [1.165, 1.54) is 16.1 Å². The quantitative estimate of drug-likeness (QED) is 0.849. The van der Waals surface area contributed by atoms with E-state index in [1.807, 2.05) is 12.4 Å². The number of aromatic nitrogens is 2. The fourth-order valence-corrected chi connectivity index (χ4v) is 3.80. The SMILES string of the molecule is Cc1csc(C2COCCN2CCCc2cnccc2C)n1. The van der Waals surface area contributed by atoms with E-state index in [-0.39, 0.29) is 0 Å². The second-order valence-electron chi connectivity index (χ2n) is 5.86. The molecule has 3 heterocycles. The fourth-order valence-electron chi connectivity index (χ4n) is 2.89. The summed E-state index contributed by atoms with van der Waals surface area (Å²) in [5, 5.41) is 3.32. The smallest absolute Gasteiger partial charge is 0.112 e. The molecule has 2 aromatic rings. The minimum atomic E-state index is 0.322. The van der Waals surface area contributed by atoms with Gasteiger partial charge in [-0.05, 0) is 50.4 Å². The van der Waals surface area contributed by atoms with Gasteiger partial charge in [-0.3, -0.25) is 9.88 Å². The summed E-state index contributed by atoms with van der Waals surface area (Å²) in [6.45, 7) is 7.88. The number of ether oxygens (including phenoxy) is 1. The van der Waals surface area contributed by atoms with Crippen molar-refractivity contribution in [3.05, 3.63) is 45.7 Å². The molecule has 4 nitrogen and oxygen atoms in total. The molecule has 118 valence electrons. The molecule has 3 rings (SSSR count). The largest absolute Gasteiger partial charge is 0.378 e. The molecular formula is C17H23N3OS. The molecule has 1 aliphatic heterocycles. The minimum absolute atomic E-state index is 0.322. The van der Waals surface area contributed by atoms with E-state index in [2.05, 4.69) is 40.2 Å². The van der Waals surface area contributed by atoms with Gasteiger partial charge in [0.25, 0.3) is 0 Å². The summed E-state index contributed by atoms with van der Waals surface area (Å²) >= 11 is 1.75. The van der Waals surface area contributed by atoms with Crippen LogP contribution in [0.5, 0.6) is 0 Å². The van der Waals surface area contributed by atoms with E-state index in [0.717, 1.165) is 44.8 Å². The minimum Gasteiger partial charge on any atom is -0.378 e. The van der Waals surface area contributed by atoms with Crippen LogP contribution in [-0.2, 0) is 11.2 Å². The Balaban J connectivity index is 1.59. The van der Waals surface area contributed by atoms with Crippen LogP contribution in [0.4, 0.5) is 0 Å². The molecule has 5 heteroatoms. The van der Waals surface area contributed by atoms with Crippen molar-refractivity contribution in [1.29, 1.82) is 0 Å². The molecule has 1 atom stereocenters. The maximum atomic E-state index is 5.67. The maximum Gasteiger partial charge on any atom is 0.112 e. The van der Waals surface area contributed by atoms with Crippen LogP contribution in [0.3, 0.4) is 0 Å². The zero-order valence-electron chi connectivity index (χ0n) is 13.3. The number of thiazole rings is 1. The molecule has 0 aromatic carbocycles. The lowest BCUT2D eigenvalue weighted by Gasteiger charge is -2.34. The Morgan fingerprint density at radius 2 is 2.32 bits per heavy atom. The molecule has 22 heavy (non-hydrogen) atoms. The summed E-state index contributed by atoms with van der Waals surface area (Å²) in [6.07, 6.45) is 6.09. The number of hydrogen-bond acceptors (Lipinski definition) is 5. The zero-order valence-corrected chi connectivity index (χ0v) is 14.1. The maximum absolute atomic E-state index is 5.67. The van der Waals surface area contributed by atoms with Crippen LogP contribution >= 0.6 is 11.3 Å². The Hall–Kier alpha value is -1.30. The summed E-state index contributed by atoms with van der Waals surface area (Å²) in [4.78, 5) is 11.4. The predicted molar refractivity (Wildman–Crippen MR) is 89.3 cm³/mol. The van der Waals surface area contributed by atoms with Gasteiger partial charge in [0.1, 0.15) is 5.01 Å². The highest BCUT2D eigenvalue weighted by molar-refractivity contribution is 7.09. The molecule has 0 bridgehead atoms. The van der Waals surface area contributed by atoms with Crippen molar-refractivity contribution in [1.82, 2.24) is 14.9 Å². The number of hydrogen-bond donors (Lipinski definition) is 0. The van der Waals surface area contributed by atoms with Crippen molar-refractivity contribution >= 4 is 11.3 Å². The van der Waals surface area contributed by atoms with Gasteiger partial charge in [0.2, 0.25) is 0 Å². The van der Waals surface area contributed by atoms with Crippen LogP contribution in [0.15, 0.2) is 23.8 Å². The molecule has 2 aromatic heterocycles. The summed E-state index contributed by atoms with van der Waals surface area (Å²) < 4.78 is 5.67. The monoisotopic (exact) mass is 317 g/mol. The van der Waals surface area contributed by atoms with Crippen molar-refractivity contribution in [2.45, 2.75) is 32.7 Å². The van der Waals surface area contributed by atoms with Gasteiger partial charge in [-0.1, -0.05) is 0 Å². The lowest BCUT2D eigenvalue weighted by atomic mass is 10.1. The van der Waals surface area contributed by atoms with Gasteiger partial charge in [0, 0.05) is 30.0 Å². The Morgan fingerprint density at radius 1 is 1.41 bits per heavy atom. The third-order valence-electron chi connectivity index (χ3n) is 4.20. The Bertz CT molecular complexity index is 613. The normalized spacial score (nSPS) is 19.5. The lowest BCUT2D eigenvalue weighted by molar-refractivity contribution is -0.00890. The van der Waals surface area contributed by atoms with Crippen LogP contribution < -0.4 is 0 Å². The van der Waals surface area contributed by atoms with Crippen LogP contribution in [0.1, 0.15) is 34.3 Å². The second kappa shape index (κ2) is 7.31. The van der Waals surface area contributed by atoms with E-state index >= 15 is 0 Å². The molecule has 0 spiro atoms. The highest BCUT2D eigenvalue weighted by Crippen LogP contribution is 2.27. The van der Waals surface area contributed by atoms with Gasteiger partial charge in [-0.15, -0.1) is 11.3 Å². The molecule has 0 saturated carbocycles. The van der Waals surface area contributed by atoms with Gasteiger partial charge in [0.05, 0.1) is 19.3 Å². The van der Waals surface area contributed by atoms with Gasteiger partial charge in [0.15, 0.2) is 0 Å². The van der Waals surface area contributed by atoms with Crippen molar-refractivity contribution in [3.8, 4) is 0 Å². The Labute approximate surface area is 136 Å². The first-order chi connectivity index (χ1) is 10.7. The van der Waals surface area contributed by atoms with E-state index in [9.17, 15) is 0 Å². The summed E-state index contributed by atoms with van der Waals surface area (Å²) in [5.74, 6) is 0. The average Bonchev–Trinajstić information content (AvgIpc) is 2.96. The third-order valence-corrected chi connectivity index (χ3v) is 5.26. The van der Waals surface area contributed by atoms with Gasteiger partial charge in [-0.25, -0.2) is 4.98 Å². The first kappa shape index (κ1) is 15.6. The standard InChI is InChI=1S/C17H23N3OS/c1-13-5-6-18-10-15(13)4-3-7-20-8-9-21-11-16(20)17-19-14(2)12-22-17/h5-6,10,12,16H,3-4,7-9,11H2,1-2H3. The van der Waals surface area contributed by atoms with E-state index in [4.69, 9.17) is 4.74 Å². The fraction of sp³-hybridized carbons (Fsp3) is 0.529. The first-order valence-corrected chi connectivity index (χ1v) is 8.75. The molecule has 0 aliphatic carbocycles. The van der Waals surface area contributed by atoms with Crippen molar-refractivity contribution in [2.24, 2.45) is 0 Å². The lowest BCUT2D eigenvalue weighted by Crippen LogP contribution is -2.40. The molecule has 1 unspecified atom stereocenters. The first-order valence-electron chi connectivity index (χ1n) is 7.87. The number of morpholine rings is 1. The third kappa shape index (κ3) is 3.72. The van der Waals surface area contributed by atoms with Gasteiger partial charge in [-0.2, -0.15) is 0 Å². The molecule has 0 amide bonds. The second-order valence-corrected chi connectivity index (χ2v) is 6.75. The van der Waals surface area contributed by atoms with Gasteiger partial charge >= 0.3 is 0 Å². The summed E-state index contributed by atoms with van der Waals surface area (Å²) in [5.41, 5.74) is 3.80. The summed E-state index contributed by atoms with van der Waals surface area (Å²) in [6, 6.07) is 2.41. The molecule has 0 N–H and O–H groups in total. The van der Waals surface area contributed by atoms with E-state index < -0.39 is 0 Å². The highest BCUT2D eigenvalue weighted by Gasteiger charge is 2.26. The van der Waals surface area contributed by atoms with Crippen molar-refractivity contribution in [3.63, 3.8) is 0 Å². The Morgan fingerprint density at radius 3 is 3.09 bits per heavy atom. The van der Waals surface area contributed by atoms with Crippen LogP contribution in [0.25, 0.3) is 0 Å².